The Labute approximate surface area is 216 Å². The van der Waals surface area contributed by atoms with Crippen LogP contribution in [0.2, 0.25) is 0 Å². The maximum Gasteiger partial charge on any atom is 0.138 e. The molecule has 2 N–H and O–H groups in total. The number of pyridine rings is 2. The molecule has 0 bridgehead atoms. The highest BCUT2D eigenvalue weighted by molar-refractivity contribution is 5.88. The molecule has 1 fully saturated rings. The van der Waals surface area contributed by atoms with Crippen molar-refractivity contribution in [3.05, 3.63) is 90.5 Å². The van der Waals surface area contributed by atoms with Crippen LogP contribution in [0.5, 0.6) is 5.75 Å². The van der Waals surface area contributed by atoms with Crippen molar-refractivity contribution < 1.29 is 4.74 Å². The van der Waals surface area contributed by atoms with Gasteiger partial charge in [-0.05, 0) is 67.8 Å². The van der Waals surface area contributed by atoms with Crippen molar-refractivity contribution in [3.8, 4) is 17.1 Å². The first kappa shape index (κ1) is 23.3. The summed E-state index contributed by atoms with van der Waals surface area (Å²) < 4.78 is 10.0. The summed E-state index contributed by atoms with van der Waals surface area (Å²) in [7, 11) is 1.70. The van der Waals surface area contributed by atoms with E-state index in [-0.39, 0.29) is 6.04 Å². The quantitative estimate of drug-likeness (QED) is 0.357. The van der Waals surface area contributed by atoms with E-state index in [1.165, 1.54) is 5.56 Å². The fraction of sp³-hybridized carbons (Fsp3) is 0.267. The number of methoxy groups -OCH3 is 1. The van der Waals surface area contributed by atoms with E-state index in [9.17, 15) is 0 Å². The summed E-state index contributed by atoms with van der Waals surface area (Å²) in [6.45, 7) is 9.07. The second-order valence-corrected chi connectivity index (χ2v) is 9.88. The molecule has 1 aliphatic rings. The lowest BCUT2D eigenvalue weighted by atomic mass is 10.0. The number of aryl methyl sites for hydroxylation is 1. The fourth-order valence-corrected chi connectivity index (χ4v) is 5.43. The Morgan fingerprint density at radius 3 is 2.76 bits per heavy atom. The number of piperidine rings is 1. The van der Waals surface area contributed by atoms with Crippen LogP contribution >= 0.6 is 0 Å². The van der Waals surface area contributed by atoms with Crippen molar-refractivity contribution in [2.24, 2.45) is 5.73 Å². The van der Waals surface area contributed by atoms with E-state index in [1.807, 2.05) is 18.5 Å². The predicted molar refractivity (Wildman–Crippen MR) is 149 cm³/mol. The van der Waals surface area contributed by atoms with E-state index in [2.05, 4.69) is 81.0 Å². The van der Waals surface area contributed by atoms with Crippen molar-refractivity contribution in [2.75, 3.05) is 20.2 Å². The maximum absolute atomic E-state index is 6.23. The first-order chi connectivity index (χ1) is 18.0. The lowest BCUT2D eigenvalue weighted by Gasteiger charge is -2.34. The maximum atomic E-state index is 6.23. The monoisotopic (exact) mass is 492 g/mol. The van der Waals surface area contributed by atoms with Crippen molar-refractivity contribution in [1.29, 1.82) is 0 Å². The Morgan fingerprint density at radius 2 is 1.97 bits per heavy atom. The number of fused-ring (bicyclic) bond motifs is 2. The molecule has 0 aliphatic carbocycles. The van der Waals surface area contributed by atoms with Gasteiger partial charge in [0.05, 0.1) is 18.3 Å². The number of aromatic nitrogens is 4. The number of hydrogen-bond donors (Lipinski definition) is 1. The Kier molecular flexibility index (Phi) is 5.93. The van der Waals surface area contributed by atoms with E-state index >= 15 is 0 Å². The molecule has 5 aromatic rings. The van der Waals surface area contributed by atoms with Crippen LogP contribution in [0, 0.1) is 6.92 Å². The second-order valence-electron chi connectivity index (χ2n) is 9.88. The molecule has 188 valence electrons. The third-order valence-electron chi connectivity index (χ3n) is 7.48. The number of rotatable bonds is 6. The van der Waals surface area contributed by atoms with Crippen LogP contribution in [-0.2, 0) is 6.54 Å². The van der Waals surface area contributed by atoms with E-state index in [4.69, 9.17) is 15.5 Å². The number of benzene rings is 1. The van der Waals surface area contributed by atoms with Gasteiger partial charge in [0, 0.05) is 72.7 Å². The van der Waals surface area contributed by atoms with Gasteiger partial charge in [0.15, 0.2) is 0 Å². The summed E-state index contributed by atoms with van der Waals surface area (Å²) >= 11 is 0. The average molecular weight is 493 g/mol. The lowest BCUT2D eigenvalue weighted by molar-refractivity contribution is 0.296. The number of imidazole rings is 1. The summed E-state index contributed by atoms with van der Waals surface area (Å²) in [5.41, 5.74) is 14.6. The predicted octanol–water partition coefficient (Wildman–Crippen LogP) is 5.11. The van der Waals surface area contributed by atoms with Gasteiger partial charge in [0.25, 0.3) is 0 Å². The normalized spacial score (nSPS) is 16.0. The summed E-state index contributed by atoms with van der Waals surface area (Å²) in [6.07, 6.45) is 7.94. The molecule has 7 heteroatoms. The zero-order valence-corrected chi connectivity index (χ0v) is 21.4. The fourth-order valence-electron chi connectivity index (χ4n) is 5.43. The van der Waals surface area contributed by atoms with E-state index in [0.29, 0.717) is 6.54 Å². The number of nitrogens with zero attached hydrogens (tertiary/aromatic N) is 5. The highest BCUT2D eigenvalue weighted by Crippen LogP contribution is 2.33. The van der Waals surface area contributed by atoms with Gasteiger partial charge in [0.1, 0.15) is 17.1 Å². The molecule has 1 aromatic carbocycles. The third kappa shape index (κ3) is 4.25. The van der Waals surface area contributed by atoms with Crippen LogP contribution in [0.1, 0.15) is 29.7 Å². The molecule has 4 aromatic heterocycles. The first-order valence-corrected chi connectivity index (χ1v) is 12.8. The summed E-state index contributed by atoms with van der Waals surface area (Å²) in [6, 6.07) is 17.0. The van der Waals surface area contributed by atoms with Crippen LogP contribution in [0.15, 0.2) is 73.7 Å². The Bertz CT molecular complexity index is 1600. The van der Waals surface area contributed by atoms with E-state index in [1.54, 1.807) is 7.11 Å². The smallest absolute Gasteiger partial charge is 0.138 e. The molecule has 1 aliphatic heterocycles. The highest BCUT2D eigenvalue weighted by atomic mass is 16.5. The van der Waals surface area contributed by atoms with E-state index < -0.39 is 0 Å². The van der Waals surface area contributed by atoms with E-state index in [0.717, 1.165) is 76.6 Å². The largest absolute Gasteiger partial charge is 0.497 e. The number of hydrogen-bond acceptors (Lipinski definition) is 5. The van der Waals surface area contributed by atoms with Gasteiger partial charge in [-0.1, -0.05) is 6.58 Å². The van der Waals surface area contributed by atoms with Crippen molar-refractivity contribution >= 4 is 22.2 Å². The van der Waals surface area contributed by atoms with Gasteiger partial charge >= 0.3 is 0 Å². The summed E-state index contributed by atoms with van der Waals surface area (Å²) in [5, 5.41) is 1.15. The number of nitrogens with two attached hydrogens (primary N) is 1. The Morgan fingerprint density at radius 1 is 1.14 bits per heavy atom. The molecule has 0 radical (unpaired) electrons. The molecular weight excluding hydrogens is 460 g/mol. The average Bonchev–Trinajstić information content (AvgIpc) is 3.45. The minimum Gasteiger partial charge on any atom is -0.497 e. The highest BCUT2D eigenvalue weighted by Gasteiger charge is 2.21. The first-order valence-electron chi connectivity index (χ1n) is 12.8. The summed E-state index contributed by atoms with van der Waals surface area (Å²) in [4.78, 5) is 11.6. The number of ether oxygens (including phenoxy) is 1. The molecule has 0 unspecified atom stereocenters. The van der Waals surface area contributed by atoms with Crippen LogP contribution < -0.4 is 10.5 Å². The molecule has 7 nitrogen and oxygen atoms in total. The van der Waals surface area contributed by atoms with Gasteiger partial charge in [-0.25, -0.2) is 4.98 Å². The van der Waals surface area contributed by atoms with Gasteiger partial charge < -0.3 is 24.3 Å². The molecule has 0 amide bonds. The molecule has 0 spiro atoms. The minimum atomic E-state index is 0.204. The van der Waals surface area contributed by atoms with Crippen LogP contribution in [0.3, 0.4) is 0 Å². The Hall–Kier alpha value is -4.10. The molecular formula is C30H32N6O. The zero-order valence-electron chi connectivity index (χ0n) is 21.4. The van der Waals surface area contributed by atoms with Crippen LogP contribution in [0.25, 0.3) is 33.6 Å². The minimum absolute atomic E-state index is 0.204. The SMILES string of the molecule is C=C(c1ccn2c(C)c(-c3cc4ccc(OC)cc4n3Cc3ccncc3)nc2c1)N1CCC[C@@H](N)C1. The number of likely N-dealkylation sites (tertiary alicyclic amines) is 1. The van der Waals surface area contributed by atoms with Crippen LogP contribution in [-0.4, -0.2) is 50.1 Å². The molecule has 0 saturated carbocycles. The molecule has 5 heterocycles. The van der Waals surface area contributed by atoms with Gasteiger partial charge in [-0.15, -0.1) is 0 Å². The zero-order chi connectivity index (χ0) is 25.5. The van der Waals surface area contributed by atoms with Crippen molar-refractivity contribution in [1.82, 2.24) is 23.8 Å². The molecule has 6 rings (SSSR count). The molecule has 1 atom stereocenters. The third-order valence-corrected chi connectivity index (χ3v) is 7.48. The summed E-state index contributed by atoms with van der Waals surface area (Å²) in [5.74, 6) is 0.834. The Balaban J connectivity index is 1.45. The van der Waals surface area contributed by atoms with Crippen molar-refractivity contribution in [3.63, 3.8) is 0 Å². The lowest BCUT2D eigenvalue weighted by Crippen LogP contribution is -2.41. The standard InChI is InChI=1S/C30H32N6O/c1-20(34-13-4-5-25(31)19-34)23-10-14-35-21(2)30(33-29(35)16-23)28-15-24-6-7-26(37-3)17-27(24)36(28)18-22-8-11-32-12-9-22/h6-12,14-17,25H,1,4-5,13,18-19,31H2,2-3H3/t25-/m1/s1. The van der Waals surface area contributed by atoms with Gasteiger partial charge in [0.2, 0.25) is 0 Å². The molecule has 37 heavy (non-hydrogen) atoms. The topological polar surface area (TPSA) is 73.6 Å². The van der Waals surface area contributed by atoms with Crippen molar-refractivity contribution in [2.45, 2.75) is 32.4 Å². The van der Waals surface area contributed by atoms with Gasteiger partial charge in [-0.2, -0.15) is 0 Å². The van der Waals surface area contributed by atoms with Gasteiger partial charge in [-0.3, -0.25) is 4.98 Å². The second kappa shape index (κ2) is 9.41. The van der Waals surface area contributed by atoms with Crippen LogP contribution in [0.4, 0.5) is 0 Å². The molecule has 1 saturated heterocycles.